The van der Waals surface area contributed by atoms with Crippen molar-refractivity contribution in [1.82, 2.24) is 10.3 Å². The number of carbonyl (C=O) groups is 1. The fourth-order valence-electron chi connectivity index (χ4n) is 2.12. The fourth-order valence-corrected chi connectivity index (χ4v) is 3.86. The summed E-state index contributed by atoms with van der Waals surface area (Å²) in [6, 6.07) is 8.71. The van der Waals surface area contributed by atoms with Crippen LogP contribution in [0.3, 0.4) is 0 Å². The van der Waals surface area contributed by atoms with Gasteiger partial charge >= 0.3 is 0 Å². The molecule has 0 saturated carbocycles. The van der Waals surface area contributed by atoms with Gasteiger partial charge in [0.25, 0.3) is 5.91 Å². The number of hydrogen-bond acceptors (Lipinski definition) is 6. The van der Waals surface area contributed by atoms with Crippen molar-refractivity contribution in [3.63, 3.8) is 0 Å². The Labute approximate surface area is 142 Å². The molecule has 0 aliphatic rings. The lowest BCUT2D eigenvalue weighted by molar-refractivity contribution is 0.0954. The molecule has 2 aromatic heterocycles. The van der Waals surface area contributed by atoms with Gasteiger partial charge < -0.3 is 9.73 Å². The van der Waals surface area contributed by atoms with E-state index in [1.165, 1.54) is 11.3 Å². The molecule has 9 heteroatoms. The minimum Gasteiger partial charge on any atom is -0.469 e. The average Bonchev–Trinajstić information content (AvgIpc) is 3.13. The SMILES string of the molecule is CS(=O)(=O)Nc1nc2ccc(C(=O)NCCc3ccco3)cc2s1. The smallest absolute Gasteiger partial charge is 0.251 e. The Morgan fingerprint density at radius 2 is 2.17 bits per heavy atom. The van der Waals surface area contributed by atoms with Gasteiger partial charge in [-0.25, -0.2) is 13.4 Å². The molecule has 1 aromatic carbocycles. The molecule has 0 fully saturated rings. The van der Waals surface area contributed by atoms with Crippen LogP contribution >= 0.6 is 11.3 Å². The predicted octanol–water partition coefficient (Wildman–Crippen LogP) is 2.23. The van der Waals surface area contributed by atoms with Crippen LogP contribution in [0, 0.1) is 0 Å². The second-order valence-corrected chi connectivity index (χ2v) is 7.94. The van der Waals surface area contributed by atoms with Crippen molar-refractivity contribution in [2.75, 3.05) is 17.5 Å². The largest absolute Gasteiger partial charge is 0.469 e. The fraction of sp³-hybridized carbons (Fsp3) is 0.200. The normalized spacial score (nSPS) is 11.5. The number of rotatable bonds is 6. The Morgan fingerprint density at radius 3 is 2.88 bits per heavy atom. The van der Waals surface area contributed by atoms with Gasteiger partial charge in [0.2, 0.25) is 10.0 Å². The molecule has 0 aliphatic carbocycles. The molecule has 0 aliphatic heterocycles. The van der Waals surface area contributed by atoms with Gasteiger partial charge in [-0.05, 0) is 30.3 Å². The van der Waals surface area contributed by atoms with Crippen molar-refractivity contribution >= 4 is 42.6 Å². The van der Waals surface area contributed by atoms with Crippen molar-refractivity contribution in [2.24, 2.45) is 0 Å². The summed E-state index contributed by atoms with van der Waals surface area (Å²) in [5.74, 6) is 0.610. The molecular weight excluding hydrogens is 350 g/mol. The van der Waals surface area contributed by atoms with Gasteiger partial charge in [0.1, 0.15) is 5.76 Å². The van der Waals surface area contributed by atoms with E-state index in [0.29, 0.717) is 24.0 Å². The first-order chi connectivity index (χ1) is 11.4. The molecule has 3 aromatic rings. The maximum Gasteiger partial charge on any atom is 0.251 e. The molecule has 0 unspecified atom stereocenters. The van der Waals surface area contributed by atoms with Gasteiger partial charge in [0, 0.05) is 18.5 Å². The Bertz CT molecular complexity index is 962. The second kappa shape index (κ2) is 6.62. The number of fused-ring (bicyclic) bond motifs is 1. The number of hydrogen-bond donors (Lipinski definition) is 2. The number of aromatic nitrogens is 1. The summed E-state index contributed by atoms with van der Waals surface area (Å²) in [4.78, 5) is 16.4. The van der Waals surface area contributed by atoms with Gasteiger partial charge in [-0.3, -0.25) is 9.52 Å². The summed E-state index contributed by atoms with van der Waals surface area (Å²) < 4.78 is 30.8. The number of anilines is 1. The van der Waals surface area contributed by atoms with Gasteiger partial charge in [-0.2, -0.15) is 0 Å². The van der Waals surface area contributed by atoms with E-state index in [4.69, 9.17) is 4.42 Å². The molecule has 3 rings (SSSR count). The van der Waals surface area contributed by atoms with Crippen LogP contribution in [0.25, 0.3) is 10.2 Å². The zero-order valence-corrected chi connectivity index (χ0v) is 14.4. The topological polar surface area (TPSA) is 101 Å². The summed E-state index contributed by atoms with van der Waals surface area (Å²) >= 11 is 1.18. The van der Waals surface area contributed by atoms with Gasteiger partial charge in [-0.15, -0.1) is 0 Å². The molecule has 126 valence electrons. The molecule has 24 heavy (non-hydrogen) atoms. The highest BCUT2D eigenvalue weighted by molar-refractivity contribution is 7.92. The van der Waals surface area contributed by atoms with E-state index in [2.05, 4.69) is 15.0 Å². The molecule has 0 radical (unpaired) electrons. The lowest BCUT2D eigenvalue weighted by Gasteiger charge is -2.04. The number of nitrogens with one attached hydrogen (secondary N) is 2. The minimum absolute atomic E-state index is 0.200. The third-order valence-electron chi connectivity index (χ3n) is 3.16. The molecule has 0 spiro atoms. The number of carbonyl (C=O) groups excluding carboxylic acids is 1. The Kier molecular flexibility index (Phi) is 4.54. The predicted molar refractivity (Wildman–Crippen MR) is 92.8 cm³/mol. The molecule has 1 amide bonds. The van der Waals surface area contributed by atoms with E-state index in [9.17, 15) is 13.2 Å². The molecule has 0 bridgehead atoms. The van der Waals surface area contributed by atoms with Crippen molar-refractivity contribution < 1.29 is 17.6 Å². The molecule has 2 heterocycles. The highest BCUT2D eigenvalue weighted by Gasteiger charge is 2.11. The van der Waals surface area contributed by atoms with Crippen molar-refractivity contribution in [3.8, 4) is 0 Å². The van der Waals surface area contributed by atoms with E-state index in [1.54, 1.807) is 30.5 Å². The summed E-state index contributed by atoms with van der Waals surface area (Å²) in [5, 5.41) is 3.10. The monoisotopic (exact) mass is 365 g/mol. The Balaban J connectivity index is 1.69. The zero-order valence-electron chi connectivity index (χ0n) is 12.8. The summed E-state index contributed by atoms with van der Waals surface area (Å²) in [6.07, 6.45) is 3.28. The summed E-state index contributed by atoms with van der Waals surface area (Å²) in [7, 11) is -3.38. The van der Waals surface area contributed by atoms with Crippen molar-refractivity contribution in [1.29, 1.82) is 0 Å². The maximum atomic E-state index is 12.2. The van der Waals surface area contributed by atoms with Gasteiger partial charge in [0.05, 0.1) is 22.7 Å². The van der Waals surface area contributed by atoms with E-state index in [-0.39, 0.29) is 11.0 Å². The van der Waals surface area contributed by atoms with Crippen molar-refractivity contribution in [2.45, 2.75) is 6.42 Å². The number of sulfonamides is 1. The zero-order chi connectivity index (χ0) is 17.2. The van der Waals surface area contributed by atoms with E-state index >= 15 is 0 Å². The minimum atomic E-state index is -3.38. The number of furan rings is 1. The standard InChI is InChI=1S/C15H15N3O4S2/c1-24(20,21)18-15-17-12-5-4-10(9-13(12)23-15)14(19)16-7-6-11-3-2-8-22-11/h2-5,8-9H,6-7H2,1H3,(H,16,19)(H,17,18). The third kappa shape index (κ3) is 4.12. The van der Waals surface area contributed by atoms with Crippen LogP contribution in [0.15, 0.2) is 41.0 Å². The lowest BCUT2D eigenvalue weighted by Crippen LogP contribution is -2.25. The van der Waals surface area contributed by atoms with E-state index < -0.39 is 10.0 Å². The van der Waals surface area contributed by atoms with Gasteiger partial charge in [0.15, 0.2) is 5.13 Å². The lowest BCUT2D eigenvalue weighted by atomic mass is 10.2. The van der Waals surface area contributed by atoms with Gasteiger partial charge in [-0.1, -0.05) is 11.3 Å². The first-order valence-corrected chi connectivity index (χ1v) is 9.80. The van der Waals surface area contributed by atoms with Crippen LogP contribution in [-0.4, -0.2) is 32.1 Å². The molecular formula is C15H15N3O4S2. The number of nitrogens with zero attached hydrogens (tertiary/aromatic N) is 1. The van der Waals surface area contributed by atoms with E-state index in [1.807, 2.05) is 6.07 Å². The molecule has 0 saturated heterocycles. The number of amides is 1. The highest BCUT2D eigenvalue weighted by Crippen LogP contribution is 2.27. The summed E-state index contributed by atoms with van der Waals surface area (Å²) in [5.41, 5.74) is 1.13. The first-order valence-electron chi connectivity index (χ1n) is 7.10. The first kappa shape index (κ1) is 16.5. The highest BCUT2D eigenvalue weighted by atomic mass is 32.2. The Morgan fingerprint density at radius 1 is 1.33 bits per heavy atom. The average molecular weight is 365 g/mol. The van der Waals surface area contributed by atoms with Crippen LogP contribution in [0.5, 0.6) is 0 Å². The number of benzene rings is 1. The quantitative estimate of drug-likeness (QED) is 0.697. The van der Waals surface area contributed by atoms with Crippen LogP contribution in [0.4, 0.5) is 5.13 Å². The maximum absolute atomic E-state index is 12.2. The second-order valence-electron chi connectivity index (χ2n) is 5.16. The van der Waals surface area contributed by atoms with Crippen LogP contribution in [0.1, 0.15) is 16.1 Å². The van der Waals surface area contributed by atoms with Crippen molar-refractivity contribution in [3.05, 3.63) is 47.9 Å². The molecule has 2 N–H and O–H groups in total. The Hall–Kier alpha value is -2.39. The van der Waals surface area contributed by atoms with Crippen LogP contribution < -0.4 is 10.0 Å². The van der Waals surface area contributed by atoms with Crippen LogP contribution in [-0.2, 0) is 16.4 Å². The number of thiazole rings is 1. The van der Waals surface area contributed by atoms with E-state index in [0.717, 1.165) is 16.7 Å². The summed E-state index contributed by atoms with van der Waals surface area (Å²) in [6.45, 7) is 0.466. The molecule has 7 nitrogen and oxygen atoms in total. The van der Waals surface area contributed by atoms with Crippen LogP contribution in [0.2, 0.25) is 0 Å². The third-order valence-corrected chi connectivity index (χ3v) is 4.79. The molecule has 0 atom stereocenters.